The minimum atomic E-state index is -0.884. The standard InChI is InChI=1S/C24H30FN3O4/c1-32-22-13-17(24(30)26-11-5-3-2-4-6-23(29)28-31)8-7-16(22)12-18-15-27-21-10-9-19(25)14-20(18)21/h7-10,13-15,23,27-29,31H,2-6,11-12H2,1H3,(H,26,30). The van der Waals surface area contributed by atoms with Gasteiger partial charge in [-0.15, -0.1) is 0 Å². The molecule has 0 aliphatic heterocycles. The number of nitrogens with one attached hydrogen (secondary N) is 3. The Hall–Kier alpha value is -2.94. The maximum Gasteiger partial charge on any atom is 0.251 e. The molecule has 8 heteroatoms. The number of hydroxylamine groups is 1. The lowest BCUT2D eigenvalue weighted by atomic mass is 10.0. The lowest BCUT2D eigenvalue weighted by Gasteiger charge is -2.11. The van der Waals surface area contributed by atoms with Gasteiger partial charge in [0.2, 0.25) is 0 Å². The number of ether oxygens (including phenoxy) is 1. The summed E-state index contributed by atoms with van der Waals surface area (Å²) in [6.07, 6.45) is 5.49. The van der Waals surface area contributed by atoms with Crippen LogP contribution in [0.25, 0.3) is 10.9 Å². The number of hydrogen-bond donors (Lipinski definition) is 5. The summed E-state index contributed by atoms with van der Waals surface area (Å²) < 4.78 is 19.2. The molecule has 2 aromatic carbocycles. The minimum Gasteiger partial charge on any atom is -0.496 e. The van der Waals surface area contributed by atoms with Crippen molar-refractivity contribution in [2.24, 2.45) is 0 Å². The van der Waals surface area contributed by atoms with Gasteiger partial charge in [-0.05, 0) is 60.7 Å². The van der Waals surface area contributed by atoms with Gasteiger partial charge in [0.1, 0.15) is 17.8 Å². The molecule has 0 aliphatic carbocycles. The van der Waals surface area contributed by atoms with Crippen LogP contribution in [0.15, 0.2) is 42.6 Å². The molecule has 1 aromatic heterocycles. The topological polar surface area (TPSA) is 107 Å². The Labute approximate surface area is 186 Å². The second-order valence-electron chi connectivity index (χ2n) is 7.81. The molecule has 0 fully saturated rings. The fraction of sp³-hybridized carbons (Fsp3) is 0.375. The molecule has 32 heavy (non-hydrogen) atoms. The zero-order valence-corrected chi connectivity index (χ0v) is 18.2. The van der Waals surface area contributed by atoms with Gasteiger partial charge in [0.25, 0.3) is 5.91 Å². The van der Waals surface area contributed by atoms with Gasteiger partial charge in [-0.1, -0.05) is 18.9 Å². The number of H-pyrrole nitrogens is 1. The molecule has 5 N–H and O–H groups in total. The summed E-state index contributed by atoms with van der Waals surface area (Å²) in [5.41, 5.74) is 5.07. The van der Waals surface area contributed by atoms with Crippen LogP contribution in [0.5, 0.6) is 5.75 Å². The van der Waals surface area contributed by atoms with E-state index in [1.54, 1.807) is 25.3 Å². The van der Waals surface area contributed by atoms with Gasteiger partial charge in [-0.2, -0.15) is 5.48 Å². The molecule has 0 aliphatic rings. The quantitative estimate of drug-likeness (QED) is 0.166. The molecule has 172 valence electrons. The number of amides is 1. The van der Waals surface area contributed by atoms with E-state index in [4.69, 9.17) is 9.94 Å². The van der Waals surface area contributed by atoms with Gasteiger partial charge in [-0.25, -0.2) is 4.39 Å². The lowest BCUT2D eigenvalue weighted by molar-refractivity contribution is -0.00393. The molecule has 0 saturated carbocycles. The van der Waals surface area contributed by atoms with Crippen LogP contribution in [-0.4, -0.2) is 41.1 Å². The minimum absolute atomic E-state index is 0.163. The number of rotatable bonds is 12. The molecule has 0 bridgehead atoms. The Kier molecular flexibility index (Phi) is 8.61. The number of hydrogen-bond acceptors (Lipinski definition) is 5. The van der Waals surface area contributed by atoms with Crippen molar-refractivity contribution in [2.45, 2.75) is 44.8 Å². The van der Waals surface area contributed by atoms with Crippen LogP contribution in [0.2, 0.25) is 0 Å². The maximum atomic E-state index is 13.7. The highest BCUT2D eigenvalue weighted by atomic mass is 19.1. The van der Waals surface area contributed by atoms with Crippen molar-refractivity contribution in [3.05, 3.63) is 65.1 Å². The summed E-state index contributed by atoms with van der Waals surface area (Å²) >= 11 is 0. The van der Waals surface area contributed by atoms with E-state index in [0.717, 1.165) is 47.7 Å². The van der Waals surface area contributed by atoms with E-state index in [1.807, 2.05) is 17.7 Å². The number of aromatic amines is 1. The van der Waals surface area contributed by atoms with Gasteiger partial charge < -0.3 is 25.4 Å². The number of aliphatic hydroxyl groups is 1. The van der Waals surface area contributed by atoms with Gasteiger partial charge in [0, 0.05) is 35.6 Å². The van der Waals surface area contributed by atoms with E-state index in [-0.39, 0.29) is 11.7 Å². The molecule has 1 amide bonds. The van der Waals surface area contributed by atoms with E-state index in [9.17, 15) is 14.3 Å². The number of carbonyl (C=O) groups is 1. The van der Waals surface area contributed by atoms with Gasteiger partial charge in [0.05, 0.1) is 7.11 Å². The molecule has 7 nitrogen and oxygen atoms in total. The molecule has 1 unspecified atom stereocenters. The van der Waals surface area contributed by atoms with Crippen molar-refractivity contribution in [1.29, 1.82) is 0 Å². The van der Waals surface area contributed by atoms with Crippen molar-refractivity contribution < 1.29 is 24.2 Å². The number of fused-ring (bicyclic) bond motifs is 1. The van der Waals surface area contributed by atoms with Crippen LogP contribution in [0, 0.1) is 5.82 Å². The summed E-state index contributed by atoms with van der Waals surface area (Å²) in [5.74, 6) is 0.167. The first-order valence-electron chi connectivity index (χ1n) is 10.8. The zero-order valence-electron chi connectivity index (χ0n) is 18.2. The predicted molar refractivity (Wildman–Crippen MR) is 120 cm³/mol. The van der Waals surface area contributed by atoms with Gasteiger partial charge >= 0.3 is 0 Å². The fourth-order valence-corrected chi connectivity index (χ4v) is 3.72. The van der Waals surface area contributed by atoms with Crippen LogP contribution in [0.1, 0.15) is 53.6 Å². The number of aliphatic hydroxyl groups excluding tert-OH is 1. The summed E-state index contributed by atoms with van der Waals surface area (Å²) in [6.45, 7) is 0.560. The van der Waals surface area contributed by atoms with Crippen molar-refractivity contribution in [3.63, 3.8) is 0 Å². The van der Waals surface area contributed by atoms with Crippen LogP contribution >= 0.6 is 0 Å². The lowest BCUT2D eigenvalue weighted by Crippen LogP contribution is -2.25. The maximum absolute atomic E-state index is 13.7. The number of unbranched alkanes of at least 4 members (excludes halogenated alkanes) is 3. The second kappa shape index (κ2) is 11.6. The van der Waals surface area contributed by atoms with Crippen molar-refractivity contribution in [3.8, 4) is 5.75 Å². The molecule has 3 aromatic rings. The first-order chi connectivity index (χ1) is 15.5. The molecule has 1 atom stereocenters. The molecule has 3 rings (SSSR count). The highest BCUT2D eigenvalue weighted by Gasteiger charge is 2.13. The van der Waals surface area contributed by atoms with Crippen LogP contribution in [-0.2, 0) is 6.42 Å². The Bertz CT molecular complexity index is 1040. The normalized spacial score (nSPS) is 12.1. The van der Waals surface area contributed by atoms with E-state index < -0.39 is 6.23 Å². The second-order valence-corrected chi connectivity index (χ2v) is 7.81. The van der Waals surface area contributed by atoms with Crippen molar-refractivity contribution >= 4 is 16.8 Å². The first kappa shape index (κ1) is 23.7. The van der Waals surface area contributed by atoms with E-state index >= 15 is 0 Å². The Morgan fingerprint density at radius 2 is 1.94 bits per heavy atom. The largest absolute Gasteiger partial charge is 0.496 e. The van der Waals surface area contributed by atoms with Crippen molar-refractivity contribution in [2.75, 3.05) is 13.7 Å². The SMILES string of the molecule is COc1cc(C(=O)NCCCCCCC(O)NO)ccc1Cc1c[nH]c2ccc(F)cc12. The summed E-state index contributed by atoms with van der Waals surface area (Å²) in [4.78, 5) is 15.6. The number of methoxy groups -OCH3 is 1. The van der Waals surface area contributed by atoms with Crippen LogP contribution in [0.3, 0.4) is 0 Å². The van der Waals surface area contributed by atoms with E-state index in [2.05, 4.69) is 10.3 Å². The van der Waals surface area contributed by atoms with E-state index in [0.29, 0.717) is 30.7 Å². The van der Waals surface area contributed by atoms with Crippen molar-refractivity contribution in [1.82, 2.24) is 15.8 Å². The number of aromatic nitrogens is 1. The molecule has 0 saturated heterocycles. The fourth-order valence-electron chi connectivity index (χ4n) is 3.72. The summed E-state index contributed by atoms with van der Waals surface area (Å²) in [5, 5.41) is 21.5. The molecular weight excluding hydrogens is 413 g/mol. The highest BCUT2D eigenvalue weighted by Crippen LogP contribution is 2.27. The summed E-state index contributed by atoms with van der Waals surface area (Å²) in [7, 11) is 1.57. The van der Waals surface area contributed by atoms with Crippen LogP contribution < -0.4 is 15.5 Å². The predicted octanol–water partition coefficient (Wildman–Crippen LogP) is 3.88. The Morgan fingerprint density at radius 3 is 2.72 bits per heavy atom. The zero-order chi connectivity index (χ0) is 22.9. The third-order valence-electron chi connectivity index (χ3n) is 5.50. The number of benzene rings is 2. The molecule has 1 heterocycles. The highest BCUT2D eigenvalue weighted by molar-refractivity contribution is 5.94. The molecular formula is C24H30FN3O4. The summed E-state index contributed by atoms with van der Waals surface area (Å²) in [6, 6.07) is 10.0. The average molecular weight is 444 g/mol. The van der Waals surface area contributed by atoms with E-state index in [1.165, 1.54) is 12.1 Å². The third kappa shape index (κ3) is 6.29. The third-order valence-corrected chi connectivity index (χ3v) is 5.50. The molecule has 0 radical (unpaired) electrons. The molecule has 0 spiro atoms. The van der Waals surface area contributed by atoms with Crippen LogP contribution in [0.4, 0.5) is 4.39 Å². The smallest absolute Gasteiger partial charge is 0.251 e. The number of halogens is 1. The Morgan fingerprint density at radius 1 is 1.12 bits per heavy atom. The van der Waals surface area contributed by atoms with Gasteiger partial charge in [0.15, 0.2) is 0 Å². The monoisotopic (exact) mass is 443 g/mol. The van der Waals surface area contributed by atoms with Gasteiger partial charge in [-0.3, -0.25) is 4.79 Å². The first-order valence-corrected chi connectivity index (χ1v) is 10.8. The average Bonchev–Trinajstić information content (AvgIpc) is 3.19. The number of carbonyl (C=O) groups excluding carboxylic acids is 1. The Balaban J connectivity index is 1.54.